The summed E-state index contributed by atoms with van der Waals surface area (Å²) in [6, 6.07) is 13.8. The van der Waals surface area contributed by atoms with Gasteiger partial charge in [-0.3, -0.25) is 4.79 Å². The van der Waals surface area contributed by atoms with E-state index < -0.39 is 0 Å². The largest absolute Gasteiger partial charge is 0.384 e. The molecule has 1 unspecified atom stereocenters. The van der Waals surface area contributed by atoms with Crippen LogP contribution in [0.1, 0.15) is 29.9 Å². The zero-order valence-electron chi connectivity index (χ0n) is 12.5. The molecule has 1 atom stereocenters. The third-order valence-corrected chi connectivity index (χ3v) is 3.14. The van der Waals surface area contributed by atoms with Crippen molar-refractivity contribution >= 4 is 11.6 Å². The zero-order chi connectivity index (χ0) is 15.1. The van der Waals surface area contributed by atoms with E-state index in [1.54, 1.807) is 12.3 Å². The normalized spacial score (nSPS) is 11.7. The van der Waals surface area contributed by atoms with Gasteiger partial charge < -0.3 is 10.6 Å². The minimum absolute atomic E-state index is 0.0649. The molecule has 0 fully saturated rings. The van der Waals surface area contributed by atoms with Gasteiger partial charge in [-0.15, -0.1) is 0 Å². The number of benzene rings is 1. The Morgan fingerprint density at radius 3 is 2.57 bits per heavy atom. The fraction of sp³-hybridized carbons (Fsp3) is 0.294. The Hall–Kier alpha value is -2.36. The van der Waals surface area contributed by atoms with Gasteiger partial charge in [0.05, 0.1) is 11.9 Å². The van der Waals surface area contributed by atoms with Crippen molar-refractivity contribution in [1.29, 1.82) is 0 Å². The lowest BCUT2D eigenvalue weighted by Crippen LogP contribution is -2.34. The van der Waals surface area contributed by atoms with E-state index in [0.717, 1.165) is 18.7 Å². The summed E-state index contributed by atoms with van der Waals surface area (Å²) in [5.74, 6) is -0.138. The Bertz CT molecular complexity index is 566. The molecule has 0 aliphatic rings. The third-order valence-electron chi connectivity index (χ3n) is 3.14. The van der Waals surface area contributed by atoms with Crippen molar-refractivity contribution in [2.45, 2.75) is 26.3 Å². The first-order valence-corrected chi connectivity index (χ1v) is 7.23. The molecule has 1 amide bonds. The number of nitrogens with zero attached hydrogens (tertiary/aromatic N) is 1. The van der Waals surface area contributed by atoms with Crippen LogP contribution in [0.3, 0.4) is 0 Å². The SMILES string of the molecule is CCNc1ccc(C(=O)NC(C)Cc2ccccc2)nc1. The zero-order valence-corrected chi connectivity index (χ0v) is 12.5. The van der Waals surface area contributed by atoms with Gasteiger partial charge in [0.15, 0.2) is 0 Å². The number of anilines is 1. The van der Waals surface area contributed by atoms with Crippen LogP contribution in [0.15, 0.2) is 48.7 Å². The molecule has 110 valence electrons. The summed E-state index contributed by atoms with van der Waals surface area (Å²) >= 11 is 0. The number of nitrogens with one attached hydrogen (secondary N) is 2. The maximum absolute atomic E-state index is 12.1. The van der Waals surface area contributed by atoms with E-state index in [-0.39, 0.29) is 11.9 Å². The fourth-order valence-electron chi connectivity index (χ4n) is 2.15. The van der Waals surface area contributed by atoms with Gasteiger partial charge in [0.25, 0.3) is 5.91 Å². The van der Waals surface area contributed by atoms with Crippen molar-refractivity contribution in [2.75, 3.05) is 11.9 Å². The van der Waals surface area contributed by atoms with Gasteiger partial charge in [-0.05, 0) is 38.0 Å². The molecular weight excluding hydrogens is 262 g/mol. The van der Waals surface area contributed by atoms with Crippen molar-refractivity contribution in [1.82, 2.24) is 10.3 Å². The number of hydrogen-bond acceptors (Lipinski definition) is 3. The molecule has 0 bridgehead atoms. The molecule has 21 heavy (non-hydrogen) atoms. The van der Waals surface area contributed by atoms with Crippen molar-refractivity contribution in [3.8, 4) is 0 Å². The topological polar surface area (TPSA) is 54.0 Å². The van der Waals surface area contributed by atoms with Crippen LogP contribution in [-0.4, -0.2) is 23.5 Å². The number of rotatable bonds is 6. The lowest BCUT2D eigenvalue weighted by molar-refractivity contribution is 0.0935. The molecule has 0 saturated heterocycles. The number of pyridine rings is 1. The molecule has 1 heterocycles. The van der Waals surface area contributed by atoms with E-state index in [2.05, 4.69) is 27.8 Å². The summed E-state index contributed by atoms with van der Waals surface area (Å²) in [4.78, 5) is 16.3. The molecule has 4 nitrogen and oxygen atoms in total. The van der Waals surface area contributed by atoms with Crippen molar-refractivity contribution in [3.05, 3.63) is 59.9 Å². The molecule has 0 spiro atoms. The van der Waals surface area contributed by atoms with Crippen LogP contribution < -0.4 is 10.6 Å². The lowest BCUT2D eigenvalue weighted by atomic mass is 10.1. The highest BCUT2D eigenvalue weighted by Gasteiger charge is 2.11. The van der Waals surface area contributed by atoms with Crippen LogP contribution in [0.2, 0.25) is 0 Å². The van der Waals surface area contributed by atoms with Gasteiger partial charge in [-0.1, -0.05) is 30.3 Å². The second-order valence-corrected chi connectivity index (χ2v) is 5.03. The fourth-order valence-corrected chi connectivity index (χ4v) is 2.15. The van der Waals surface area contributed by atoms with E-state index in [0.29, 0.717) is 5.69 Å². The highest BCUT2D eigenvalue weighted by Crippen LogP contribution is 2.07. The first kappa shape index (κ1) is 15.0. The third kappa shape index (κ3) is 4.60. The summed E-state index contributed by atoms with van der Waals surface area (Å²) in [6.07, 6.45) is 2.49. The van der Waals surface area contributed by atoms with E-state index >= 15 is 0 Å². The van der Waals surface area contributed by atoms with E-state index in [1.807, 2.05) is 38.1 Å². The summed E-state index contributed by atoms with van der Waals surface area (Å²) in [5.41, 5.74) is 2.57. The molecule has 0 saturated carbocycles. The minimum Gasteiger partial charge on any atom is -0.384 e. The van der Waals surface area contributed by atoms with Gasteiger partial charge in [0.1, 0.15) is 5.69 Å². The molecule has 0 radical (unpaired) electrons. The molecule has 2 aromatic rings. The molecule has 1 aromatic heterocycles. The van der Waals surface area contributed by atoms with Crippen molar-refractivity contribution in [2.24, 2.45) is 0 Å². The predicted molar refractivity (Wildman–Crippen MR) is 85.5 cm³/mol. The molecule has 2 rings (SSSR count). The Balaban J connectivity index is 1.91. The van der Waals surface area contributed by atoms with Crippen LogP contribution in [0.4, 0.5) is 5.69 Å². The summed E-state index contributed by atoms with van der Waals surface area (Å²) in [6.45, 7) is 4.85. The Kier molecular flexibility index (Phi) is 5.32. The minimum atomic E-state index is -0.138. The van der Waals surface area contributed by atoms with E-state index in [9.17, 15) is 4.79 Å². The first-order chi connectivity index (χ1) is 10.2. The van der Waals surface area contributed by atoms with Crippen LogP contribution in [-0.2, 0) is 6.42 Å². The molecule has 0 aliphatic heterocycles. The maximum atomic E-state index is 12.1. The summed E-state index contributed by atoms with van der Waals surface area (Å²) in [5, 5.41) is 6.13. The average molecular weight is 283 g/mol. The highest BCUT2D eigenvalue weighted by molar-refractivity contribution is 5.92. The van der Waals surface area contributed by atoms with Crippen molar-refractivity contribution < 1.29 is 4.79 Å². The van der Waals surface area contributed by atoms with Gasteiger partial charge >= 0.3 is 0 Å². The molecule has 0 aliphatic carbocycles. The van der Waals surface area contributed by atoms with Crippen LogP contribution in [0.5, 0.6) is 0 Å². The van der Waals surface area contributed by atoms with E-state index in [1.165, 1.54) is 5.56 Å². The Morgan fingerprint density at radius 2 is 1.95 bits per heavy atom. The van der Waals surface area contributed by atoms with E-state index in [4.69, 9.17) is 0 Å². The molecule has 1 aromatic carbocycles. The smallest absolute Gasteiger partial charge is 0.270 e. The maximum Gasteiger partial charge on any atom is 0.270 e. The van der Waals surface area contributed by atoms with Crippen LogP contribution in [0, 0.1) is 0 Å². The van der Waals surface area contributed by atoms with Gasteiger partial charge in [0.2, 0.25) is 0 Å². The number of aromatic nitrogens is 1. The second kappa shape index (κ2) is 7.43. The number of amides is 1. The molecule has 4 heteroatoms. The van der Waals surface area contributed by atoms with Crippen LogP contribution >= 0.6 is 0 Å². The predicted octanol–water partition coefficient (Wildman–Crippen LogP) is 2.87. The second-order valence-electron chi connectivity index (χ2n) is 5.03. The van der Waals surface area contributed by atoms with Crippen LogP contribution in [0.25, 0.3) is 0 Å². The Labute approximate surface area is 125 Å². The monoisotopic (exact) mass is 283 g/mol. The summed E-state index contributed by atoms with van der Waals surface area (Å²) in [7, 11) is 0. The highest BCUT2D eigenvalue weighted by atomic mass is 16.1. The number of carbonyl (C=O) groups is 1. The quantitative estimate of drug-likeness (QED) is 0.857. The first-order valence-electron chi connectivity index (χ1n) is 7.23. The van der Waals surface area contributed by atoms with Gasteiger partial charge in [0, 0.05) is 12.6 Å². The molecule has 2 N–H and O–H groups in total. The van der Waals surface area contributed by atoms with Gasteiger partial charge in [-0.2, -0.15) is 0 Å². The summed E-state index contributed by atoms with van der Waals surface area (Å²) < 4.78 is 0. The Morgan fingerprint density at radius 1 is 1.19 bits per heavy atom. The average Bonchev–Trinajstić information content (AvgIpc) is 2.49. The standard InChI is InChI=1S/C17H21N3O/c1-3-18-15-9-10-16(19-12-15)17(21)20-13(2)11-14-7-5-4-6-8-14/h4-10,12-13,18H,3,11H2,1-2H3,(H,20,21). The number of hydrogen-bond donors (Lipinski definition) is 2. The van der Waals surface area contributed by atoms with Crippen molar-refractivity contribution in [3.63, 3.8) is 0 Å². The van der Waals surface area contributed by atoms with Gasteiger partial charge in [-0.25, -0.2) is 4.98 Å². The number of carbonyl (C=O) groups excluding carboxylic acids is 1. The lowest BCUT2D eigenvalue weighted by Gasteiger charge is -2.14. The molecular formula is C17H21N3O.